The molecular formula is C14H19ClN2O2S. The van der Waals surface area contributed by atoms with Crippen molar-refractivity contribution in [1.82, 2.24) is 9.29 Å². The number of rotatable bonds is 2. The molecule has 1 aliphatic heterocycles. The van der Waals surface area contributed by atoms with E-state index in [0.717, 1.165) is 32.1 Å². The lowest BCUT2D eigenvalue weighted by atomic mass is 9.79. The van der Waals surface area contributed by atoms with Crippen LogP contribution in [0.25, 0.3) is 0 Å². The van der Waals surface area contributed by atoms with Gasteiger partial charge in [-0.1, -0.05) is 24.4 Å². The van der Waals surface area contributed by atoms with Gasteiger partial charge in [-0.05, 0) is 43.7 Å². The van der Waals surface area contributed by atoms with Gasteiger partial charge < -0.3 is 0 Å². The number of halogens is 1. The Morgan fingerprint density at radius 1 is 1.20 bits per heavy atom. The van der Waals surface area contributed by atoms with Crippen LogP contribution < -0.4 is 0 Å². The highest BCUT2D eigenvalue weighted by Crippen LogP contribution is 2.38. The van der Waals surface area contributed by atoms with E-state index in [2.05, 4.69) is 4.98 Å². The van der Waals surface area contributed by atoms with Crippen molar-refractivity contribution >= 4 is 21.6 Å². The molecule has 1 aromatic rings. The third-order valence-electron chi connectivity index (χ3n) is 4.50. The summed E-state index contributed by atoms with van der Waals surface area (Å²) in [6, 6.07) is 3.33. The minimum absolute atomic E-state index is 0.0745. The number of sulfonamides is 1. The number of aromatic nitrogens is 1. The Morgan fingerprint density at radius 2 is 1.95 bits per heavy atom. The van der Waals surface area contributed by atoms with Gasteiger partial charge in [-0.3, -0.25) is 0 Å². The molecule has 20 heavy (non-hydrogen) atoms. The van der Waals surface area contributed by atoms with Crippen molar-refractivity contribution in [1.29, 1.82) is 0 Å². The summed E-state index contributed by atoms with van der Waals surface area (Å²) >= 11 is 5.99. The maximum atomic E-state index is 12.9. The van der Waals surface area contributed by atoms with Crippen molar-refractivity contribution in [3.63, 3.8) is 0 Å². The summed E-state index contributed by atoms with van der Waals surface area (Å²) in [7, 11) is -3.52. The van der Waals surface area contributed by atoms with Gasteiger partial charge in [0.15, 0.2) is 0 Å². The second-order valence-electron chi connectivity index (χ2n) is 5.66. The summed E-state index contributed by atoms with van der Waals surface area (Å²) in [5.74, 6) is 0.516. The van der Waals surface area contributed by atoms with Crippen LogP contribution in [0.2, 0.25) is 5.15 Å². The van der Waals surface area contributed by atoms with Gasteiger partial charge in [-0.15, -0.1) is 0 Å². The van der Waals surface area contributed by atoms with Crippen LogP contribution in [0.3, 0.4) is 0 Å². The topological polar surface area (TPSA) is 50.3 Å². The van der Waals surface area contributed by atoms with Crippen molar-refractivity contribution in [2.75, 3.05) is 6.54 Å². The molecule has 1 aromatic heterocycles. The lowest BCUT2D eigenvalue weighted by Crippen LogP contribution is -2.49. The number of hydrogen-bond donors (Lipinski definition) is 0. The molecule has 1 saturated carbocycles. The van der Waals surface area contributed by atoms with Gasteiger partial charge in [-0.2, -0.15) is 4.31 Å². The maximum absolute atomic E-state index is 12.9. The Labute approximate surface area is 125 Å². The average molecular weight is 315 g/mol. The zero-order valence-corrected chi connectivity index (χ0v) is 12.9. The smallest absolute Gasteiger partial charge is 0.243 e. The van der Waals surface area contributed by atoms with Crippen LogP contribution in [0.4, 0.5) is 0 Å². The Kier molecular flexibility index (Phi) is 4.02. The molecule has 2 fully saturated rings. The second-order valence-corrected chi connectivity index (χ2v) is 7.88. The SMILES string of the molecule is O=S(=O)(c1cccnc1Cl)N1CCC[C@H]2CCCC[C@H]21. The van der Waals surface area contributed by atoms with Gasteiger partial charge >= 0.3 is 0 Å². The number of pyridine rings is 1. The van der Waals surface area contributed by atoms with Gasteiger partial charge in [0.2, 0.25) is 10.0 Å². The van der Waals surface area contributed by atoms with Crippen molar-refractivity contribution in [2.45, 2.75) is 49.5 Å². The van der Waals surface area contributed by atoms with Gasteiger partial charge in [0.25, 0.3) is 0 Å². The largest absolute Gasteiger partial charge is 0.246 e. The first kappa shape index (κ1) is 14.3. The molecule has 0 amide bonds. The summed E-state index contributed by atoms with van der Waals surface area (Å²) < 4.78 is 27.4. The third kappa shape index (κ3) is 2.47. The van der Waals surface area contributed by atoms with Crippen LogP contribution in [0, 0.1) is 5.92 Å². The summed E-state index contributed by atoms with van der Waals surface area (Å²) in [5, 5.41) is 0.0745. The van der Waals surface area contributed by atoms with Gasteiger partial charge in [0.05, 0.1) is 0 Å². The maximum Gasteiger partial charge on any atom is 0.246 e. The van der Waals surface area contributed by atoms with E-state index in [0.29, 0.717) is 12.5 Å². The first-order valence-corrected chi connectivity index (χ1v) is 9.05. The molecule has 1 aliphatic carbocycles. The zero-order valence-electron chi connectivity index (χ0n) is 11.3. The summed E-state index contributed by atoms with van der Waals surface area (Å²) in [6.45, 7) is 0.606. The molecule has 2 aliphatic rings. The fourth-order valence-electron chi connectivity index (χ4n) is 3.57. The standard InChI is InChI=1S/C14H19ClN2O2S/c15-14-13(8-3-9-16-14)20(18,19)17-10-4-6-11-5-1-2-7-12(11)17/h3,8-9,11-12H,1-2,4-7,10H2/t11-,12-/m1/s1. The van der Waals surface area contributed by atoms with Crippen molar-refractivity contribution in [3.05, 3.63) is 23.5 Å². The molecule has 0 bridgehead atoms. The van der Waals surface area contributed by atoms with E-state index in [4.69, 9.17) is 11.6 Å². The average Bonchev–Trinajstić information content (AvgIpc) is 2.47. The molecule has 6 heteroatoms. The molecule has 0 unspecified atom stereocenters. The van der Waals surface area contributed by atoms with Gasteiger partial charge in [0, 0.05) is 18.8 Å². The van der Waals surface area contributed by atoms with E-state index < -0.39 is 10.0 Å². The molecule has 2 atom stereocenters. The van der Waals surface area contributed by atoms with E-state index in [1.165, 1.54) is 12.6 Å². The minimum Gasteiger partial charge on any atom is -0.243 e. The number of piperidine rings is 1. The molecule has 0 N–H and O–H groups in total. The second kappa shape index (κ2) is 5.62. The van der Waals surface area contributed by atoms with Crippen LogP contribution in [-0.4, -0.2) is 30.3 Å². The highest BCUT2D eigenvalue weighted by molar-refractivity contribution is 7.89. The predicted molar refractivity (Wildman–Crippen MR) is 78.1 cm³/mol. The van der Waals surface area contributed by atoms with Gasteiger partial charge in [0.1, 0.15) is 10.0 Å². The number of fused-ring (bicyclic) bond motifs is 1. The van der Waals surface area contributed by atoms with Crippen LogP contribution in [-0.2, 0) is 10.0 Å². The quantitative estimate of drug-likeness (QED) is 0.788. The molecule has 3 rings (SSSR count). The molecule has 110 valence electrons. The zero-order chi connectivity index (χ0) is 14.2. The van der Waals surface area contributed by atoms with E-state index in [1.54, 1.807) is 16.4 Å². The molecule has 0 spiro atoms. The van der Waals surface area contributed by atoms with Crippen LogP contribution in [0.15, 0.2) is 23.2 Å². The fraction of sp³-hybridized carbons (Fsp3) is 0.643. The fourth-order valence-corrected chi connectivity index (χ4v) is 5.75. The van der Waals surface area contributed by atoms with Crippen molar-refractivity contribution in [3.8, 4) is 0 Å². The number of nitrogens with zero attached hydrogens (tertiary/aromatic N) is 2. The predicted octanol–water partition coefficient (Wildman–Crippen LogP) is 3.08. The van der Waals surface area contributed by atoms with Crippen molar-refractivity contribution < 1.29 is 8.42 Å². The van der Waals surface area contributed by atoms with E-state index in [9.17, 15) is 8.42 Å². The highest BCUT2D eigenvalue weighted by Gasteiger charge is 2.40. The lowest BCUT2D eigenvalue weighted by Gasteiger charge is -2.43. The van der Waals surface area contributed by atoms with Crippen molar-refractivity contribution in [2.24, 2.45) is 5.92 Å². The molecule has 0 aromatic carbocycles. The normalized spacial score (nSPS) is 28.1. The van der Waals surface area contributed by atoms with E-state index in [1.807, 2.05) is 0 Å². The highest BCUT2D eigenvalue weighted by atomic mass is 35.5. The van der Waals surface area contributed by atoms with Gasteiger partial charge in [-0.25, -0.2) is 13.4 Å². The first-order chi connectivity index (χ1) is 9.60. The molecule has 4 nitrogen and oxygen atoms in total. The first-order valence-electron chi connectivity index (χ1n) is 7.23. The Balaban J connectivity index is 1.96. The van der Waals surface area contributed by atoms with E-state index >= 15 is 0 Å². The summed E-state index contributed by atoms with van der Waals surface area (Å²) in [4.78, 5) is 4.05. The monoisotopic (exact) mass is 314 g/mol. The Bertz CT molecular complexity index is 589. The molecule has 2 heterocycles. The molecule has 1 saturated heterocycles. The molecule has 0 radical (unpaired) electrons. The van der Waals surface area contributed by atoms with E-state index in [-0.39, 0.29) is 16.1 Å². The molecular weight excluding hydrogens is 296 g/mol. The summed E-state index contributed by atoms with van der Waals surface area (Å²) in [6.07, 6.45) is 8.08. The Hall–Kier alpha value is -0.650. The van der Waals surface area contributed by atoms with Crippen LogP contribution in [0.1, 0.15) is 38.5 Å². The Morgan fingerprint density at radius 3 is 2.75 bits per heavy atom. The third-order valence-corrected chi connectivity index (χ3v) is 6.87. The lowest BCUT2D eigenvalue weighted by molar-refractivity contribution is 0.129. The van der Waals surface area contributed by atoms with Crippen LogP contribution in [0.5, 0.6) is 0 Å². The summed E-state index contributed by atoms with van der Waals surface area (Å²) in [5.41, 5.74) is 0. The van der Waals surface area contributed by atoms with Crippen LogP contribution >= 0.6 is 11.6 Å². The minimum atomic E-state index is -3.52. The number of hydrogen-bond acceptors (Lipinski definition) is 3.